The van der Waals surface area contributed by atoms with Crippen molar-refractivity contribution in [1.29, 1.82) is 0 Å². The van der Waals surface area contributed by atoms with Gasteiger partial charge in [0.25, 0.3) is 0 Å². The molecule has 0 saturated carbocycles. The van der Waals surface area contributed by atoms with Crippen LogP contribution in [0.2, 0.25) is 0 Å². The third-order valence-corrected chi connectivity index (χ3v) is 4.46. The number of hydrogen-bond acceptors (Lipinski definition) is 4. The Morgan fingerprint density at radius 2 is 2.00 bits per heavy atom. The molecule has 5 nitrogen and oxygen atoms in total. The highest BCUT2D eigenvalue weighted by atomic mass is 32.2. The van der Waals surface area contributed by atoms with E-state index in [2.05, 4.69) is 4.72 Å². The van der Waals surface area contributed by atoms with E-state index in [0.29, 0.717) is 23.6 Å². The lowest BCUT2D eigenvalue weighted by Crippen LogP contribution is -2.38. The summed E-state index contributed by atoms with van der Waals surface area (Å²) in [5, 5.41) is 9.26. The van der Waals surface area contributed by atoms with E-state index >= 15 is 0 Å². The molecule has 0 spiro atoms. The summed E-state index contributed by atoms with van der Waals surface area (Å²) in [4.78, 5) is 0.162. The first-order chi connectivity index (χ1) is 8.76. The summed E-state index contributed by atoms with van der Waals surface area (Å²) in [5.41, 5.74) is 6.65. The number of aryl methyl sites for hydroxylation is 1. The molecular weight excluding hydrogens is 264 g/mol. The summed E-state index contributed by atoms with van der Waals surface area (Å²) in [6.07, 6.45) is 0.580. The second-order valence-electron chi connectivity index (χ2n) is 5.16. The van der Waals surface area contributed by atoms with E-state index in [1.54, 1.807) is 19.1 Å². The second kappa shape index (κ2) is 6.36. The topological polar surface area (TPSA) is 92.4 Å². The minimum Gasteiger partial charge on any atom is -0.399 e. The summed E-state index contributed by atoms with van der Waals surface area (Å²) in [7, 11) is -3.66. The van der Waals surface area contributed by atoms with Gasteiger partial charge in [0.2, 0.25) is 10.0 Å². The summed E-state index contributed by atoms with van der Waals surface area (Å²) < 4.78 is 27.1. The van der Waals surface area contributed by atoms with Crippen molar-refractivity contribution in [2.75, 3.05) is 12.3 Å². The third-order valence-electron chi connectivity index (χ3n) is 2.80. The summed E-state index contributed by atoms with van der Waals surface area (Å²) in [6.45, 7) is 5.44. The van der Waals surface area contributed by atoms with Crippen LogP contribution in [0.5, 0.6) is 0 Å². The SMILES string of the molecule is Cc1ccc(N)cc1S(=O)(=O)NC(CO)CC(C)C. The molecule has 0 saturated heterocycles. The molecule has 108 valence electrons. The Morgan fingerprint density at radius 3 is 2.53 bits per heavy atom. The molecule has 0 aromatic heterocycles. The minimum atomic E-state index is -3.66. The number of nitrogen functional groups attached to an aromatic ring is 1. The maximum Gasteiger partial charge on any atom is 0.241 e. The average molecular weight is 286 g/mol. The highest BCUT2D eigenvalue weighted by Crippen LogP contribution is 2.19. The molecule has 1 rings (SSSR count). The number of hydrogen-bond donors (Lipinski definition) is 3. The zero-order valence-electron chi connectivity index (χ0n) is 11.6. The maximum atomic E-state index is 12.3. The molecule has 6 heteroatoms. The average Bonchev–Trinajstić information content (AvgIpc) is 2.30. The highest BCUT2D eigenvalue weighted by molar-refractivity contribution is 7.89. The molecule has 0 aliphatic carbocycles. The maximum absolute atomic E-state index is 12.3. The van der Waals surface area contributed by atoms with Crippen LogP contribution in [-0.4, -0.2) is 26.2 Å². The smallest absolute Gasteiger partial charge is 0.241 e. The number of nitrogens with two attached hydrogens (primary N) is 1. The zero-order chi connectivity index (χ0) is 14.6. The van der Waals surface area contributed by atoms with Crippen LogP contribution >= 0.6 is 0 Å². The molecule has 1 atom stereocenters. The van der Waals surface area contributed by atoms with Gasteiger partial charge in [0, 0.05) is 11.7 Å². The third kappa shape index (κ3) is 4.49. The molecule has 0 aliphatic rings. The van der Waals surface area contributed by atoms with Gasteiger partial charge in [0.15, 0.2) is 0 Å². The van der Waals surface area contributed by atoms with E-state index < -0.39 is 16.1 Å². The van der Waals surface area contributed by atoms with Gasteiger partial charge in [-0.15, -0.1) is 0 Å². The van der Waals surface area contributed by atoms with Gasteiger partial charge >= 0.3 is 0 Å². The molecule has 0 amide bonds. The van der Waals surface area contributed by atoms with Crippen LogP contribution in [0.4, 0.5) is 5.69 Å². The van der Waals surface area contributed by atoms with Crippen molar-refractivity contribution in [1.82, 2.24) is 4.72 Å². The van der Waals surface area contributed by atoms with E-state index in [0.717, 1.165) is 0 Å². The van der Waals surface area contributed by atoms with E-state index in [9.17, 15) is 13.5 Å². The van der Waals surface area contributed by atoms with Crippen LogP contribution in [0.25, 0.3) is 0 Å². The molecular formula is C13H22N2O3S. The largest absolute Gasteiger partial charge is 0.399 e. The Labute approximate surface area is 114 Å². The normalized spacial score (nSPS) is 13.7. The second-order valence-corrected chi connectivity index (χ2v) is 6.84. The fraction of sp³-hybridized carbons (Fsp3) is 0.538. The molecule has 0 radical (unpaired) electrons. The van der Waals surface area contributed by atoms with E-state index in [-0.39, 0.29) is 11.5 Å². The van der Waals surface area contributed by atoms with Gasteiger partial charge in [-0.05, 0) is 37.0 Å². The van der Waals surface area contributed by atoms with Gasteiger partial charge in [0.05, 0.1) is 11.5 Å². The minimum absolute atomic E-state index is 0.162. The molecule has 4 N–H and O–H groups in total. The Kier molecular flexibility index (Phi) is 5.34. The Bertz CT molecular complexity index is 527. The fourth-order valence-electron chi connectivity index (χ4n) is 1.92. The lowest BCUT2D eigenvalue weighted by atomic mass is 10.1. The predicted octanol–water partition coefficient (Wildman–Crippen LogP) is 1.26. The number of sulfonamides is 1. The first-order valence-corrected chi connectivity index (χ1v) is 7.74. The molecule has 0 heterocycles. The van der Waals surface area contributed by atoms with Crippen molar-refractivity contribution < 1.29 is 13.5 Å². The fourth-order valence-corrected chi connectivity index (χ4v) is 3.44. The predicted molar refractivity (Wildman–Crippen MR) is 76.2 cm³/mol. The van der Waals surface area contributed by atoms with Gasteiger partial charge in [-0.3, -0.25) is 0 Å². The monoisotopic (exact) mass is 286 g/mol. The van der Waals surface area contributed by atoms with E-state index in [1.165, 1.54) is 6.07 Å². The number of aliphatic hydroxyl groups is 1. The van der Waals surface area contributed by atoms with Gasteiger partial charge in [-0.1, -0.05) is 19.9 Å². The van der Waals surface area contributed by atoms with Gasteiger partial charge in [0.1, 0.15) is 0 Å². The molecule has 19 heavy (non-hydrogen) atoms. The van der Waals surface area contributed by atoms with Crippen molar-refractivity contribution in [2.45, 2.75) is 38.1 Å². The van der Waals surface area contributed by atoms with Crippen molar-refractivity contribution in [2.24, 2.45) is 5.92 Å². The molecule has 0 aliphatic heterocycles. The molecule has 1 aromatic rings. The number of anilines is 1. The summed E-state index contributed by atoms with van der Waals surface area (Å²) in [6, 6.07) is 4.28. The summed E-state index contributed by atoms with van der Waals surface area (Å²) >= 11 is 0. The van der Waals surface area contributed by atoms with Gasteiger partial charge < -0.3 is 10.8 Å². The van der Waals surface area contributed by atoms with E-state index in [1.807, 2.05) is 13.8 Å². The number of benzene rings is 1. The standard InChI is InChI=1S/C13H22N2O3S/c1-9(2)6-12(8-16)15-19(17,18)13-7-11(14)5-4-10(13)3/h4-5,7,9,12,15-16H,6,8,14H2,1-3H3. The van der Waals surface area contributed by atoms with Crippen LogP contribution in [0.15, 0.2) is 23.1 Å². The number of rotatable bonds is 6. The Balaban J connectivity index is 3.00. The quantitative estimate of drug-likeness (QED) is 0.686. The molecule has 1 aromatic carbocycles. The lowest BCUT2D eigenvalue weighted by Gasteiger charge is -2.19. The molecule has 1 unspecified atom stereocenters. The van der Waals surface area contributed by atoms with Crippen LogP contribution in [0.3, 0.4) is 0 Å². The lowest BCUT2D eigenvalue weighted by molar-refractivity contribution is 0.240. The van der Waals surface area contributed by atoms with Gasteiger partial charge in [-0.2, -0.15) is 0 Å². The van der Waals surface area contributed by atoms with Gasteiger partial charge in [-0.25, -0.2) is 13.1 Å². The Hall–Kier alpha value is -1.11. The highest BCUT2D eigenvalue weighted by Gasteiger charge is 2.22. The van der Waals surface area contributed by atoms with Crippen LogP contribution in [0.1, 0.15) is 25.8 Å². The molecule has 0 fully saturated rings. The zero-order valence-corrected chi connectivity index (χ0v) is 12.4. The first-order valence-electron chi connectivity index (χ1n) is 6.25. The van der Waals surface area contributed by atoms with Crippen molar-refractivity contribution in [3.05, 3.63) is 23.8 Å². The Morgan fingerprint density at radius 1 is 1.37 bits per heavy atom. The van der Waals surface area contributed by atoms with Crippen molar-refractivity contribution in [3.8, 4) is 0 Å². The van der Waals surface area contributed by atoms with Crippen molar-refractivity contribution >= 4 is 15.7 Å². The molecule has 0 bridgehead atoms. The first kappa shape index (κ1) is 15.9. The van der Waals surface area contributed by atoms with Crippen LogP contribution in [-0.2, 0) is 10.0 Å². The van der Waals surface area contributed by atoms with Crippen LogP contribution in [0, 0.1) is 12.8 Å². The van der Waals surface area contributed by atoms with Crippen molar-refractivity contribution in [3.63, 3.8) is 0 Å². The number of nitrogens with one attached hydrogen (secondary N) is 1. The summed E-state index contributed by atoms with van der Waals surface area (Å²) in [5.74, 6) is 0.293. The van der Waals surface area contributed by atoms with Crippen LogP contribution < -0.4 is 10.5 Å². The van der Waals surface area contributed by atoms with E-state index in [4.69, 9.17) is 5.73 Å². The number of aliphatic hydroxyl groups excluding tert-OH is 1.